The topological polar surface area (TPSA) is 49.8 Å². The molecule has 0 amide bonds. The second-order valence-corrected chi connectivity index (χ2v) is 10.9. The number of hydrogen-bond acceptors (Lipinski definition) is 4. The van der Waals surface area contributed by atoms with E-state index < -0.39 is 5.60 Å². The number of ether oxygens (including phenoxy) is 1. The quantitative estimate of drug-likeness (QED) is 0.379. The summed E-state index contributed by atoms with van der Waals surface area (Å²) < 4.78 is 6.57. The van der Waals surface area contributed by atoms with Crippen molar-refractivity contribution in [2.45, 2.75) is 106 Å². The number of nitrogens with zero attached hydrogens (tertiary/aromatic N) is 1. The molecule has 1 heterocycles. The summed E-state index contributed by atoms with van der Waals surface area (Å²) in [4.78, 5) is 14.3. The number of carbonyl (C=O) groups is 1. The summed E-state index contributed by atoms with van der Waals surface area (Å²) in [6.07, 6.45) is 7.95. The van der Waals surface area contributed by atoms with Gasteiger partial charge in [0.2, 0.25) is 0 Å². The largest absolute Gasteiger partial charge is 0.389 e. The van der Waals surface area contributed by atoms with Crippen molar-refractivity contribution in [2.24, 2.45) is 11.3 Å². The maximum absolute atomic E-state index is 12.1. The van der Waals surface area contributed by atoms with Crippen LogP contribution in [0.5, 0.6) is 0 Å². The Kier molecular flexibility index (Phi) is 17.4. The second kappa shape index (κ2) is 16.0. The van der Waals surface area contributed by atoms with Crippen LogP contribution < -0.4 is 4.90 Å². The molecule has 0 bridgehead atoms. The zero-order valence-electron chi connectivity index (χ0n) is 21.5. The van der Waals surface area contributed by atoms with Crippen LogP contribution in [0.1, 0.15) is 100.0 Å². The Balaban J connectivity index is -0.00000185. The van der Waals surface area contributed by atoms with E-state index in [1.54, 1.807) is 0 Å². The maximum Gasteiger partial charge on any atom is 0.156 e. The van der Waals surface area contributed by atoms with E-state index in [4.69, 9.17) is 4.74 Å². The molecular formula is C32H59NO3S3. The highest BCUT2D eigenvalue weighted by Crippen LogP contribution is 2.65. The van der Waals surface area contributed by atoms with Gasteiger partial charge in [0, 0.05) is 37.5 Å². The van der Waals surface area contributed by atoms with E-state index in [1.807, 2.05) is 6.08 Å². The first-order chi connectivity index (χ1) is 15.3. The molecule has 5 rings (SSSR count). The van der Waals surface area contributed by atoms with Crippen molar-refractivity contribution in [3.63, 3.8) is 0 Å². The molecule has 2 saturated carbocycles. The molecule has 3 aliphatic carbocycles. The Morgan fingerprint density at radius 3 is 2.21 bits per heavy atom. The molecule has 2 fully saturated rings. The molecule has 1 unspecified atom stereocenters. The fraction of sp³-hybridized carbons (Fsp3) is 0.656. The van der Waals surface area contributed by atoms with Crippen molar-refractivity contribution in [1.29, 1.82) is 0 Å². The minimum Gasteiger partial charge on any atom is -0.389 e. The van der Waals surface area contributed by atoms with Crippen LogP contribution >= 0.6 is 40.5 Å². The van der Waals surface area contributed by atoms with Crippen LogP contribution in [0.3, 0.4) is 0 Å². The lowest BCUT2D eigenvalue weighted by atomic mass is 9.55. The van der Waals surface area contributed by atoms with Gasteiger partial charge in [-0.25, -0.2) is 0 Å². The zero-order chi connectivity index (χ0) is 22.7. The molecule has 7 heteroatoms. The van der Waals surface area contributed by atoms with Crippen LogP contribution in [0.4, 0.5) is 5.69 Å². The van der Waals surface area contributed by atoms with Crippen LogP contribution in [0.15, 0.2) is 47.1 Å². The lowest BCUT2D eigenvalue weighted by Gasteiger charge is -2.54. The molecule has 228 valence electrons. The molecule has 0 saturated heterocycles. The van der Waals surface area contributed by atoms with Crippen molar-refractivity contribution in [3.8, 4) is 0 Å². The van der Waals surface area contributed by atoms with E-state index in [1.165, 1.54) is 22.4 Å². The van der Waals surface area contributed by atoms with Crippen molar-refractivity contribution >= 4 is 52.0 Å². The molecule has 1 aromatic rings. The minimum atomic E-state index is -0.632. The van der Waals surface area contributed by atoms with Gasteiger partial charge in [0.05, 0.1) is 18.3 Å². The summed E-state index contributed by atoms with van der Waals surface area (Å²) in [6, 6.07) is 8.91. The number of anilines is 1. The number of fused-ring (bicyclic) bond motifs is 4. The summed E-state index contributed by atoms with van der Waals surface area (Å²) in [5.74, 6) is 0.765. The van der Waals surface area contributed by atoms with Crippen LogP contribution in [-0.4, -0.2) is 43.3 Å². The molecule has 0 radical (unpaired) electrons. The van der Waals surface area contributed by atoms with Gasteiger partial charge in [-0.1, -0.05) is 62.1 Å². The van der Waals surface area contributed by atoms with Crippen molar-refractivity contribution in [1.82, 2.24) is 0 Å². The second-order valence-electron chi connectivity index (χ2n) is 10.9. The Morgan fingerprint density at radius 1 is 1.03 bits per heavy atom. The Bertz CT molecular complexity index is 991. The molecule has 1 aliphatic heterocycles. The van der Waals surface area contributed by atoms with Gasteiger partial charge in [0.25, 0.3) is 0 Å². The molecular weight excluding hydrogens is 543 g/mol. The number of benzene rings is 1. The molecule has 1 aromatic carbocycles. The van der Waals surface area contributed by atoms with Crippen molar-refractivity contribution in [3.05, 3.63) is 52.6 Å². The third-order valence-electron chi connectivity index (χ3n) is 9.01. The monoisotopic (exact) mass is 601 g/mol. The standard InChI is InChI=1S/C28H37NO3.4CH4.3H2S/c1-5-13-28(31)14-12-24-26-25(22-11-10-21(30)15-19(22)17-32-26)23(16-27(24,28)2)18-6-8-20(9-7-18)29(3)4;;;;;;;/h6-9,15,23-24,26,31H,5,10-14,16-17H2,1-4H3;4*1H4;3*1H2/t23?,24-,26-,27-,28-;;;;;;;/m0......./s1. The average Bonchev–Trinajstić information content (AvgIpc) is 3.03. The number of rotatable bonds is 4. The van der Waals surface area contributed by atoms with Gasteiger partial charge in [-0.15, -0.1) is 0 Å². The molecule has 1 N–H and O–H groups in total. The molecule has 4 aliphatic rings. The third kappa shape index (κ3) is 6.97. The lowest BCUT2D eigenvalue weighted by Crippen LogP contribution is -2.54. The zero-order valence-corrected chi connectivity index (χ0v) is 24.5. The number of carbonyl (C=O) groups excluding carboxylic acids is 1. The fourth-order valence-corrected chi connectivity index (χ4v) is 7.23. The highest BCUT2D eigenvalue weighted by atomic mass is 32.1. The Hall–Kier alpha value is -0.860. The van der Waals surface area contributed by atoms with E-state index in [2.05, 4.69) is 57.1 Å². The summed E-state index contributed by atoms with van der Waals surface area (Å²) >= 11 is 0. The predicted molar refractivity (Wildman–Crippen MR) is 186 cm³/mol. The molecule has 0 spiro atoms. The van der Waals surface area contributed by atoms with E-state index in [9.17, 15) is 9.90 Å². The van der Waals surface area contributed by atoms with Crippen molar-refractivity contribution in [2.75, 3.05) is 25.6 Å². The number of hydrogen-bond donors (Lipinski definition) is 1. The van der Waals surface area contributed by atoms with E-state index in [0.29, 0.717) is 18.9 Å². The minimum absolute atomic E-state index is 0. The number of aliphatic hydroxyl groups is 1. The Morgan fingerprint density at radius 2 is 1.64 bits per heavy atom. The first-order valence-electron chi connectivity index (χ1n) is 12.4. The average molecular weight is 602 g/mol. The number of ketones is 1. The molecule has 39 heavy (non-hydrogen) atoms. The number of allylic oxidation sites excluding steroid dienone is 1. The van der Waals surface area contributed by atoms with E-state index >= 15 is 0 Å². The van der Waals surface area contributed by atoms with Gasteiger partial charge < -0.3 is 14.7 Å². The van der Waals surface area contributed by atoms with Gasteiger partial charge in [-0.05, 0) is 78.5 Å². The van der Waals surface area contributed by atoms with Crippen LogP contribution in [0, 0.1) is 11.3 Å². The molecule has 0 aromatic heterocycles. The van der Waals surface area contributed by atoms with Crippen molar-refractivity contribution < 1.29 is 14.6 Å². The highest BCUT2D eigenvalue weighted by Gasteiger charge is 2.63. The van der Waals surface area contributed by atoms with E-state index in [0.717, 1.165) is 44.1 Å². The van der Waals surface area contributed by atoms with Gasteiger partial charge in [0.1, 0.15) is 0 Å². The van der Waals surface area contributed by atoms with Crippen LogP contribution in [0.2, 0.25) is 0 Å². The third-order valence-corrected chi connectivity index (χ3v) is 9.01. The van der Waals surface area contributed by atoms with Gasteiger partial charge >= 0.3 is 0 Å². The lowest BCUT2D eigenvalue weighted by molar-refractivity contribution is -0.120. The van der Waals surface area contributed by atoms with Gasteiger partial charge in [-0.3, -0.25) is 4.79 Å². The smallest absolute Gasteiger partial charge is 0.156 e. The maximum atomic E-state index is 12.1. The first kappa shape index (κ1) is 42.6. The predicted octanol–water partition coefficient (Wildman–Crippen LogP) is 8.05. The Labute approximate surface area is 261 Å². The molecule has 5 atom stereocenters. The summed E-state index contributed by atoms with van der Waals surface area (Å²) in [5, 5.41) is 11.9. The summed E-state index contributed by atoms with van der Waals surface area (Å²) in [5.41, 5.74) is 5.55. The van der Waals surface area contributed by atoms with Crippen LogP contribution in [0.25, 0.3) is 0 Å². The summed E-state index contributed by atoms with van der Waals surface area (Å²) in [7, 11) is 4.13. The molecule has 4 nitrogen and oxygen atoms in total. The fourth-order valence-electron chi connectivity index (χ4n) is 7.23. The van der Waals surface area contributed by atoms with Gasteiger partial charge in [0.15, 0.2) is 5.78 Å². The SMILES string of the molecule is C.C.C.C.CCC[C@]1(O)CC[C@H]2[C@@H]3OCC4=CC(=O)CCC4=C3C(c3ccc(N(C)C)cc3)C[C@@]21C.S.S.S. The highest BCUT2D eigenvalue weighted by molar-refractivity contribution is 7.59. The summed E-state index contributed by atoms with van der Waals surface area (Å²) in [6.45, 7) is 5.03. The van der Waals surface area contributed by atoms with E-state index in [-0.39, 0.29) is 93.4 Å². The van der Waals surface area contributed by atoms with Crippen LogP contribution in [-0.2, 0) is 9.53 Å². The normalized spacial score (nSPS) is 29.8. The first-order valence-corrected chi connectivity index (χ1v) is 12.4. The van der Waals surface area contributed by atoms with Gasteiger partial charge in [-0.2, -0.15) is 40.5 Å².